The number of aliphatic hydroxyl groups excluding tert-OH is 2. The number of halogens is 1. The van der Waals surface area contributed by atoms with Crippen molar-refractivity contribution >= 4 is 17.5 Å². The fraction of sp³-hybridized carbons (Fsp3) is 0.533. The molecule has 1 heterocycles. The van der Waals surface area contributed by atoms with Crippen LogP contribution in [0.2, 0.25) is 5.02 Å². The maximum absolute atomic E-state index is 11.0. The average molecular weight is 313 g/mol. The average Bonchev–Trinajstić information content (AvgIpc) is 2.47. The Labute approximate surface area is 129 Å². The van der Waals surface area contributed by atoms with Gasteiger partial charge in [0.1, 0.15) is 6.10 Å². The lowest BCUT2D eigenvalue weighted by Gasteiger charge is -2.34. The molecule has 1 aliphatic heterocycles. The lowest BCUT2D eigenvalue weighted by molar-refractivity contribution is -0.129. The predicted octanol–water partition coefficient (Wildman–Crippen LogP) is 0.932. The molecule has 5 nitrogen and oxygen atoms in total. The number of likely N-dealkylation sites (tertiary alicyclic amines) is 1. The van der Waals surface area contributed by atoms with Crippen molar-refractivity contribution in [2.24, 2.45) is 11.7 Å². The van der Waals surface area contributed by atoms with Gasteiger partial charge in [-0.3, -0.25) is 4.79 Å². The topological polar surface area (TPSA) is 86.8 Å². The number of primary amides is 1. The van der Waals surface area contributed by atoms with Gasteiger partial charge >= 0.3 is 0 Å². The minimum atomic E-state index is -1.07. The number of nitrogens with zero attached hydrogens (tertiary/aromatic N) is 1. The van der Waals surface area contributed by atoms with E-state index in [9.17, 15) is 15.0 Å². The number of β-amino-alcohol motifs (C(OH)–C–C–N with tert-alkyl or cyclic N) is 1. The minimum Gasteiger partial charge on any atom is -0.387 e. The highest BCUT2D eigenvalue weighted by atomic mass is 35.5. The van der Waals surface area contributed by atoms with Crippen LogP contribution in [0.1, 0.15) is 24.5 Å². The molecule has 0 radical (unpaired) electrons. The number of nitrogens with two attached hydrogens (primary N) is 1. The molecule has 1 aromatic carbocycles. The number of aliphatic hydroxyl groups is 2. The van der Waals surface area contributed by atoms with Crippen LogP contribution in [-0.4, -0.2) is 46.8 Å². The summed E-state index contributed by atoms with van der Waals surface area (Å²) in [4.78, 5) is 13.1. The second-order valence-corrected chi connectivity index (χ2v) is 5.93. The predicted molar refractivity (Wildman–Crippen MR) is 80.8 cm³/mol. The maximum atomic E-state index is 11.0. The van der Waals surface area contributed by atoms with Crippen molar-refractivity contribution in [1.82, 2.24) is 4.90 Å². The first-order chi connectivity index (χ1) is 9.99. The summed E-state index contributed by atoms with van der Waals surface area (Å²) in [5.41, 5.74) is 5.84. The Morgan fingerprint density at radius 1 is 1.33 bits per heavy atom. The summed E-state index contributed by atoms with van der Waals surface area (Å²) in [6, 6.07) is 7.25. The van der Waals surface area contributed by atoms with E-state index in [0.29, 0.717) is 24.4 Å². The molecule has 0 spiro atoms. The van der Waals surface area contributed by atoms with Gasteiger partial charge in [-0.2, -0.15) is 0 Å². The number of piperidine rings is 1. The van der Waals surface area contributed by atoms with Crippen LogP contribution >= 0.6 is 11.6 Å². The zero-order valence-corrected chi connectivity index (χ0v) is 12.5. The van der Waals surface area contributed by atoms with E-state index in [4.69, 9.17) is 17.3 Å². The first-order valence-electron chi connectivity index (χ1n) is 7.11. The van der Waals surface area contributed by atoms with Crippen LogP contribution in [0.25, 0.3) is 0 Å². The number of carbonyl (C=O) groups excluding carboxylic acids is 1. The molecule has 1 aliphatic rings. The van der Waals surface area contributed by atoms with E-state index >= 15 is 0 Å². The van der Waals surface area contributed by atoms with Gasteiger partial charge in [-0.25, -0.2) is 0 Å². The second kappa shape index (κ2) is 7.22. The highest BCUT2D eigenvalue weighted by Crippen LogP contribution is 2.26. The van der Waals surface area contributed by atoms with Crippen molar-refractivity contribution < 1.29 is 15.0 Å². The third-order valence-corrected chi connectivity index (χ3v) is 4.41. The van der Waals surface area contributed by atoms with Gasteiger partial charge in [-0.15, -0.1) is 0 Å². The van der Waals surface area contributed by atoms with Gasteiger partial charge in [0.2, 0.25) is 5.91 Å². The second-order valence-electron chi connectivity index (χ2n) is 5.52. The van der Waals surface area contributed by atoms with Crippen molar-refractivity contribution in [1.29, 1.82) is 0 Å². The molecule has 1 amide bonds. The van der Waals surface area contributed by atoms with E-state index in [2.05, 4.69) is 4.90 Å². The number of carbonyl (C=O) groups is 1. The third kappa shape index (κ3) is 4.17. The molecule has 2 atom stereocenters. The molecule has 0 unspecified atom stereocenters. The summed E-state index contributed by atoms with van der Waals surface area (Å²) in [7, 11) is 0. The van der Waals surface area contributed by atoms with Crippen molar-refractivity contribution in [2.45, 2.75) is 25.0 Å². The van der Waals surface area contributed by atoms with Crippen LogP contribution in [0.15, 0.2) is 24.3 Å². The Morgan fingerprint density at radius 2 is 1.95 bits per heavy atom. The Hall–Kier alpha value is -1.14. The fourth-order valence-electron chi connectivity index (χ4n) is 2.77. The molecule has 0 aliphatic carbocycles. The first-order valence-corrected chi connectivity index (χ1v) is 7.49. The standard InChI is InChI=1S/C15H21ClN2O3/c16-12-4-2-1-3-11(12)13(19)9-18-7-5-10(6-8-18)14(20)15(17)21/h1-4,10,13-14,19-20H,5-9H2,(H2,17,21)/t13-,14+/m0/s1. The Morgan fingerprint density at radius 3 is 2.52 bits per heavy atom. The van der Waals surface area contributed by atoms with Crippen LogP contribution in [0.3, 0.4) is 0 Å². The SMILES string of the molecule is NC(=O)[C@H](O)C1CCN(C[C@H](O)c2ccccc2Cl)CC1. The van der Waals surface area contributed by atoms with Gasteiger partial charge in [0.05, 0.1) is 6.10 Å². The van der Waals surface area contributed by atoms with Gasteiger partial charge in [-0.1, -0.05) is 29.8 Å². The largest absolute Gasteiger partial charge is 0.387 e. The smallest absolute Gasteiger partial charge is 0.246 e. The molecule has 6 heteroatoms. The number of amides is 1. The van der Waals surface area contributed by atoms with Crippen LogP contribution in [0, 0.1) is 5.92 Å². The van der Waals surface area contributed by atoms with Crippen LogP contribution < -0.4 is 5.73 Å². The molecule has 2 rings (SSSR count). The summed E-state index contributed by atoms with van der Waals surface area (Å²) in [6.45, 7) is 1.93. The molecule has 116 valence electrons. The highest BCUT2D eigenvalue weighted by molar-refractivity contribution is 6.31. The Bertz CT molecular complexity index is 490. The number of rotatable bonds is 5. The van der Waals surface area contributed by atoms with E-state index in [1.165, 1.54) is 0 Å². The fourth-order valence-corrected chi connectivity index (χ4v) is 3.03. The molecular weight excluding hydrogens is 292 g/mol. The summed E-state index contributed by atoms with van der Waals surface area (Å²) in [5, 5.41) is 20.5. The summed E-state index contributed by atoms with van der Waals surface area (Å²) < 4.78 is 0. The molecule has 1 aromatic rings. The van der Waals surface area contributed by atoms with Crippen molar-refractivity contribution in [3.63, 3.8) is 0 Å². The van der Waals surface area contributed by atoms with E-state index in [0.717, 1.165) is 18.7 Å². The third-order valence-electron chi connectivity index (χ3n) is 4.07. The Balaban J connectivity index is 1.86. The van der Waals surface area contributed by atoms with Crippen LogP contribution in [0.4, 0.5) is 0 Å². The molecule has 1 saturated heterocycles. The molecule has 0 saturated carbocycles. The normalized spacial score (nSPS) is 20.1. The lowest BCUT2D eigenvalue weighted by Crippen LogP contribution is -2.43. The van der Waals surface area contributed by atoms with E-state index in [-0.39, 0.29) is 5.92 Å². The molecule has 0 aromatic heterocycles. The molecule has 21 heavy (non-hydrogen) atoms. The zero-order valence-electron chi connectivity index (χ0n) is 11.8. The molecule has 0 bridgehead atoms. The molecule has 1 fully saturated rings. The number of benzene rings is 1. The number of hydrogen-bond acceptors (Lipinski definition) is 4. The summed E-state index contributed by atoms with van der Waals surface area (Å²) in [5.74, 6) is -0.749. The maximum Gasteiger partial charge on any atom is 0.246 e. The number of hydrogen-bond donors (Lipinski definition) is 3. The highest BCUT2D eigenvalue weighted by Gasteiger charge is 2.29. The van der Waals surface area contributed by atoms with E-state index < -0.39 is 18.1 Å². The molecular formula is C15H21ClN2O3. The van der Waals surface area contributed by atoms with Gasteiger partial charge in [0, 0.05) is 17.1 Å². The monoisotopic (exact) mass is 312 g/mol. The first kappa shape index (κ1) is 16.2. The van der Waals surface area contributed by atoms with Gasteiger partial charge in [-0.05, 0) is 37.9 Å². The van der Waals surface area contributed by atoms with Crippen molar-refractivity contribution in [3.8, 4) is 0 Å². The van der Waals surface area contributed by atoms with Gasteiger partial charge < -0.3 is 20.8 Å². The molecule has 4 N–H and O–H groups in total. The van der Waals surface area contributed by atoms with Crippen molar-refractivity contribution in [2.75, 3.05) is 19.6 Å². The van der Waals surface area contributed by atoms with Gasteiger partial charge in [0.15, 0.2) is 0 Å². The van der Waals surface area contributed by atoms with Crippen molar-refractivity contribution in [3.05, 3.63) is 34.9 Å². The van der Waals surface area contributed by atoms with Crippen LogP contribution in [0.5, 0.6) is 0 Å². The quantitative estimate of drug-likeness (QED) is 0.755. The van der Waals surface area contributed by atoms with Gasteiger partial charge in [0.25, 0.3) is 0 Å². The Kier molecular flexibility index (Phi) is 5.58. The van der Waals surface area contributed by atoms with E-state index in [1.54, 1.807) is 6.07 Å². The summed E-state index contributed by atoms with van der Waals surface area (Å²) in [6.07, 6.45) is -0.324. The van der Waals surface area contributed by atoms with E-state index in [1.807, 2.05) is 18.2 Å². The minimum absolute atomic E-state index is 0.0868. The zero-order chi connectivity index (χ0) is 15.4. The summed E-state index contributed by atoms with van der Waals surface area (Å²) >= 11 is 6.07. The lowest BCUT2D eigenvalue weighted by atomic mass is 9.90. The van der Waals surface area contributed by atoms with Crippen LogP contribution in [-0.2, 0) is 4.79 Å².